The van der Waals surface area contributed by atoms with E-state index in [-0.39, 0.29) is 12.3 Å². The minimum Gasteiger partial charge on any atom is -0.464 e. The highest BCUT2D eigenvalue weighted by Gasteiger charge is 2.41. The fourth-order valence-electron chi connectivity index (χ4n) is 3.68. The second-order valence-electron chi connectivity index (χ2n) is 6.76. The molecule has 3 nitrogen and oxygen atoms in total. The topological polar surface area (TPSA) is 24.8 Å². The van der Waals surface area contributed by atoms with Crippen LogP contribution < -0.4 is 4.74 Å². The lowest BCUT2D eigenvalue weighted by molar-refractivity contribution is -0.0190. The van der Waals surface area contributed by atoms with Crippen molar-refractivity contribution in [3.05, 3.63) is 85.0 Å². The summed E-state index contributed by atoms with van der Waals surface area (Å²) in [4.78, 5) is 2.52. The van der Waals surface area contributed by atoms with Crippen molar-refractivity contribution < 1.29 is 4.74 Å². The Morgan fingerprint density at radius 3 is 2.85 bits per heavy atom. The van der Waals surface area contributed by atoms with E-state index < -0.39 is 0 Å². The minimum atomic E-state index is -0.291. The van der Waals surface area contributed by atoms with Crippen LogP contribution in [-0.2, 0) is 0 Å². The molecule has 0 saturated carbocycles. The third kappa shape index (κ3) is 3.08. The molecule has 0 saturated heterocycles. The van der Waals surface area contributed by atoms with Gasteiger partial charge in [0.05, 0.1) is 16.6 Å². The van der Waals surface area contributed by atoms with Crippen molar-refractivity contribution in [2.45, 2.75) is 25.6 Å². The lowest BCUT2D eigenvalue weighted by Crippen LogP contribution is -2.33. The fourth-order valence-corrected chi connectivity index (χ4v) is 5.12. The largest absolute Gasteiger partial charge is 0.464 e. The van der Waals surface area contributed by atoms with Crippen molar-refractivity contribution in [1.29, 1.82) is 0 Å². The summed E-state index contributed by atoms with van der Waals surface area (Å²) < 4.78 is 7.42. The summed E-state index contributed by atoms with van der Waals surface area (Å²) in [6.45, 7) is 2.13. The number of benzene rings is 2. The van der Waals surface area contributed by atoms with E-state index in [9.17, 15) is 0 Å². The monoisotopic (exact) mass is 458 g/mol. The van der Waals surface area contributed by atoms with Crippen molar-refractivity contribution in [2.75, 3.05) is 0 Å². The molecule has 3 aromatic rings. The van der Waals surface area contributed by atoms with Crippen molar-refractivity contribution in [3.63, 3.8) is 0 Å². The number of thiophene rings is 1. The van der Waals surface area contributed by atoms with Crippen LogP contribution in [0.3, 0.4) is 0 Å². The van der Waals surface area contributed by atoms with Crippen LogP contribution in [0.4, 0.5) is 0 Å². The van der Waals surface area contributed by atoms with Gasteiger partial charge >= 0.3 is 0 Å². The maximum absolute atomic E-state index is 6.37. The van der Waals surface area contributed by atoms with Gasteiger partial charge in [-0.1, -0.05) is 39.7 Å². The Balaban J connectivity index is 1.62. The van der Waals surface area contributed by atoms with E-state index in [0.717, 1.165) is 33.5 Å². The van der Waals surface area contributed by atoms with Crippen molar-refractivity contribution in [2.24, 2.45) is 5.10 Å². The second-order valence-corrected chi connectivity index (χ2v) is 9.40. The molecule has 0 aliphatic carbocycles. The van der Waals surface area contributed by atoms with Crippen LogP contribution in [0.15, 0.2) is 64.2 Å². The molecule has 0 radical (unpaired) electrons. The normalized spacial score (nSPS) is 20.7. The molecule has 2 atom stereocenters. The molecule has 0 unspecified atom stereocenters. The molecule has 0 N–H and O–H groups in total. The number of aryl methyl sites for hydroxylation is 1. The summed E-state index contributed by atoms with van der Waals surface area (Å²) >= 11 is 11.6. The summed E-state index contributed by atoms with van der Waals surface area (Å²) in [5.74, 6) is 0.906. The van der Waals surface area contributed by atoms with Crippen LogP contribution in [0.2, 0.25) is 5.02 Å². The Bertz CT molecular complexity index is 1060. The number of rotatable bonds is 2. The molecule has 136 valence electrons. The molecule has 6 heteroatoms. The molecule has 0 amide bonds. The maximum Gasteiger partial charge on any atom is 0.213 e. The lowest BCUT2D eigenvalue weighted by atomic mass is 9.98. The first-order valence-electron chi connectivity index (χ1n) is 8.73. The zero-order chi connectivity index (χ0) is 18.5. The van der Waals surface area contributed by atoms with Gasteiger partial charge in [0.15, 0.2) is 0 Å². The Labute approximate surface area is 175 Å². The van der Waals surface area contributed by atoms with Crippen LogP contribution in [0.1, 0.15) is 39.6 Å². The Hall–Kier alpha value is -1.82. The van der Waals surface area contributed by atoms with Gasteiger partial charge in [-0.2, -0.15) is 5.10 Å². The van der Waals surface area contributed by atoms with Crippen molar-refractivity contribution in [1.82, 2.24) is 5.01 Å². The minimum absolute atomic E-state index is 0.146. The molecule has 3 heterocycles. The Morgan fingerprint density at radius 1 is 1.19 bits per heavy atom. The quantitative estimate of drug-likeness (QED) is 0.425. The average Bonchev–Trinajstić information content (AvgIpc) is 3.27. The first-order valence-corrected chi connectivity index (χ1v) is 10.7. The van der Waals surface area contributed by atoms with E-state index in [0.29, 0.717) is 5.02 Å². The average molecular weight is 460 g/mol. The number of hydrogen-bond acceptors (Lipinski definition) is 4. The third-order valence-corrected chi connectivity index (χ3v) is 6.69. The second kappa shape index (κ2) is 6.66. The molecular weight excluding hydrogens is 444 g/mol. The van der Waals surface area contributed by atoms with E-state index in [1.165, 1.54) is 9.75 Å². The van der Waals surface area contributed by atoms with E-state index in [1.807, 2.05) is 36.4 Å². The standard InChI is InChI=1S/C21H16BrClN2OS/c1-12-5-8-20(27-12)17-11-18-16-10-14(22)6-7-19(16)26-21(25(18)24-17)13-3-2-4-15(23)9-13/h2-10,18,21H,11H2,1H3/t18-,21-/m1/s1. The third-order valence-electron chi connectivity index (χ3n) is 4.91. The number of hydrogen-bond donors (Lipinski definition) is 0. The summed E-state index contributed by atoms with van der Waals surface area (Å²) in [6.07, 6.45) is 0.574. The van der Waals surface area contributed by atoms with Crippen LogP contribution in [0.25, 0.3) is 0 Å². The van der Waals surface area contributed by atoms with Crippen LogP contribution in [0.5, 0.6) is 5.75 Å². The first kappa shape index (κ1) is 17.3. The zero-order valence-corrected chi connectivity index (χ0v) is 17.7. The smallest absolute Gasteiger partial charge is 0.213 e. The van der Waals surface area contributed by atoms with E-state index in [1.54, 1.807) is 11.3 Å². The van der Waals surface area contributed by atoms with E-state index in [4.69, 9.17) is 21.4 Å². The van der Waals surface area contributed by atoms with Gasteiger partial charge in [0.2, 0.25) is 6.23 Å². The summed E-state index contributed by atoms with van der Waals surface area (Å²) in [7, 11) is 0. The highest BCUT2D eigenvalue weighted by molar-refractivity contribution is 9.10. The summed E-state index contributed by atoms with van der Waals surface area (Å²) in [5, 5.41) is 7.78. The zero-order valence-electron chi connectivity index (χ0n) is 14.5. The maximum atomic E-state index is 6.37. The Morgan fingerprint density at radius 2 is 2.07 bits per heavy atom. The van der Waals surface area contributed by atoms with E-state index in [2.05, 4.69) is 46.1 Å². The van der Waals surface area contributed by atoms with Gasteiger partial charge in [-0.3, -0.25) is 0 Å². The van der Waals surface area contributed by atoms with Gasteiger partial charge in [-0.15, -0.1) is 11.3 Å². The SMILES string of the molecule is Cc1ccc(C2=NN3[C@H](C2)c2cc(Br)ccc2O[C@@H]3c2cccc(Cl)c2)s1. The molecule has 0 fully saturated rings. The highest BCUT2D eigenvalue weighted by Crippen LogP contribution is 2.48. The molecule has 5 rings (SSSR count). The van der Waals surface area contributed by atoms with Crippen LogP contribution in [-0.4, -0.2) is 10.7 Å². The Kier molecular flexibility index (Phi) is 4.26. The molecule has 0 spiro atoms. The van der Waals surface area contributed by atoms with E-state index >= 15 is 0 Å². The number of halogens is 2. The lowest BCUT2D eigenvalue weighted by Gasteiger charge is -2.38. The van der Waals surface area contributed by atoms with Crippen LogP contribution >= 0.6 is 38.9 Å². The molecule has 27 heavy (non-hydrogen) atoms. The van der Waals surface area contributed by atoms with Gasteiger partial charge in [-0.25, -0.2) is 5.01 Å². The number of nitrogens with zero attached hydrogens (tertiary/aromatic N) is 2. The molecule has 2 aliphatic heterocycles. The fraction of sp³-hybridized carbons (Fsp3) is 0.190. The van der Waals surface area contributed by atoms with Gasteiger partial charge in [-0.05, 0) is 49.4 Å². The summed E-state index contributed by atoms with van der Waals surface area (Å²) in [5.41, 5.74) is 3.28. The molecule has 0 bridgehead atoms. The predicted molar refractivity (Wildman–Crippen MR) is 114 cm³/mol. The van der Waals surface area contributed by atoms with Crippen molar-refractivity contribution >= 4 is 44.6 Å². The molecule has 2 aromatic carbocycles. The molecule has 2 aliphatic rings. The highest BCUT2D eigenvalue weighted by atomic mass is 79.9. The van der Waals surface area contributed by atoms with Gasteiger partial charge in [0.25, 0.3) is 0 Å². The molecular formula is C21H16BrClN2OS. The molecule has 1 aromatic heterocycles. The van der Waals surface area contributed by atoms with Gasteiger partial charge in [0, 0.05) is 31.9 Å². The van der Waals surface area contributed by atoms with Crippen LogP contribution in [0, 0.1) is 6.92 Å². The number of ether oxygens (including phenoxy) is 1. The predicted octanol–water partition coefficient (Wildman–Crippen LogP) is 6.71. The number of fused-ring (bicyclic) bond motifs is 3. The summed E-state index contributed by atoms with van der Waals surface area (Å²) in [6, 6.07) is 18.5. The van der Waals surface area contributed by atoms with Crippen molar-refractivity contribution in [3.8, 4) is 5.75 Å². The number of hydrazone groups is 1. The van der Waals surface area contributed by atoms with Gasteiger partial charge < -0.3 is 4.74 Å². The van der Waals surface area contributed by atoms with Gasteiger partial charge in [0.1, 0.15) is 5.75 Å². The first-order chi connectivity index (χ1) is 13.1.